The van der Waals surface area contributed by atoms with Crippen molar-refractivity contribution in [2.75, 3.05) is 19.3 Å². The summed E-state index contributed by atoms with van der Waals surface area (Å²) in [5, 5.41) is 18.4. The number of hydrogen-bond acceptors (Lipinski definition) is 5. The van der Waals surface area contributed by atoms with Crippen LogP contribution >= 0.6 is 11.9 Å². The molecule has 2 N–H and O–H groups in total. The van der Waals surface area contributed by atoms with Crippen molar-refractivity contribution in [3.63, 3.8) is 0 Å². The van der Waals surface area contributed by atoms with Gasteiger partial charge in [0.05, 0.1) is 11.1 Å². The fourth-order valence-corrected chi connectivity index (χ4v) is 5.56. The summed E-state index contributed by atoms with van der Waals surface area (Å²) in [6.07, 6.45) is 4.77. The fraction of sp³-hybridized carbons (Fsp3) is 0.333. The van der Waals surface area contributed by atoms with Crippen LogP contribution < -0.4 is 0 Å². The van der Waals surface area contributed by atoms with E-state index in [-0.39, 0.29) is 22.8 Å². The van der Waals surface area contributed by atoms with Crippen molar-refractivity contribution in [3.05, 3.63) is 76.4 Å². The molecule has 1 saturated heterocycles. The van der Waals surface area contributed by atoms with Crippen LogP contribution in [0.15, 0.2) is 54.1 Å². The van der Waals surface area contributed by atoms with Crippen LogP contribution in [0.5, 0.6) is 0 Å². The highest BCUT2D eigenvalue weighted by Crippen LogP contribution is 2.49. The van der Waals surface area contributed by atoms with E-state index >= 15 is 0 Å². The molecule has 1 spiro atoms. The molecule has 0 bridgehead atoms. The second-order valence-corrected chi connectivity index (χ2v) is 8.78. The number of nitrogens with one attached hydrogen (secondary N) is 1. The summed E-state index contributed by atoms with van der Waals surface area (Å²) < 4.78 is 2.44. The van der Waals surface area contributed by atoms with E-state index in [1.165, 1.54) is 11.1 Å². The molecule has 2 heterocycles. The van der Waals surface area contributed by atoms with Crippen LogP contribution in [-0.4, -0.2) is 45.8 Å². The van der Waals surface area contributed by atoms with Crippen LogP contribution in [0.2, 0.25) is 0 Å². The Balaban J connectivity index is 1.56. The molecule has 2 aliphatic rings. The minimum absolute atomic E-state index is 0.0448. The number of nitrogens with zero attached hydrogens (tertiary/aromatic N) is 2. The quantitative estimate of drug-likeness (QED) is 0.330. The molecule has 0 unspecified atom stereocenters. The van der Waals surface area contributed by atoms with E-state index in [0.717, 1.165) is 31.2 Å². The molecule has 2 aromatic rings. The van der Waals surface area contributed by atoms with Gasteiger partial charge >= 0.3 is 0 Å². The molecule has 1 amide bonds. The number of carbonyl (C=O) groups is 1. The number of hydrogen-bond donors (Lipinski definition) is 2. The third-order valence-electron chi connectivity index (χ3n) is 6.36. The first-order valence-electron chi connectivity index (χ1n) is 10.2. The van der Waals surface area contributed by atoms with E-state index in [2.05, 4.69) is 34.8 Å². The first-order chi connectivity index (χ1) is 14.5. The van der Waals surface area contributed by atoms with Crippen molar-refractivity contribution >= 4 is 29.8 Å². The topological polar surface area (TPSA) is 67.6 Å². The van der Waals surface area contributed by atoms with Crippen molar-refractivity contribution in [2.24, 2.45) is 0 Å². The van der Waals surface area contributed by atoms with Gasteiger partial charge in [0, 0.05) is 31.4 Å². The molecule has 5 nitrogen and oxygen atoms in total. The highest BCUT2D eigenvalue weighted by molar-refractivity contribution is 7.96. The van der Waals surface area contributed by atoms with Crippen molar-refractivity contribution in [3.8, 4) is 0 Å². The summed E-state index contributed by atoms with van der Waals surface area (Å²) in [4.78, 5) is 14.9. The maximum Gasteiger partial charge on any atom is 0.259 e. The summed E-state index contributed by atoms with van der Waals surface area (Å²) in [5.74, 6) is -0.410. The Morgan fingerprint density at radius 3 is 2.43 bits per heavy atom. The molecule has 0 aliphatic carbocycles. The fourth-order valence-electron chi connectivity index (χ4n) is 4.66. The summed E-state index contributed by atoms with van der Waals surface area (Å²) in [6.45, 7) is 4.09. The predicted molar refractivity (Wildman–Crippen MR) is 123 cm³/mol. The van der Waals surface area contributed by atoms with Crippen molar-refractivity contribution in [1.29, 1.82) is 5.41 Å². The summed E-state index contributed by atoms with van der Waals surface area (Å²) in [5.41, 5.74) is 4.36. The molecule has 0 atom stereocenters. The molecule has 6 heteroatoms. The maximum atomic E-state index is 13.1. The minimum Gasteiger partial charge on any atom is -0.506 e. The minimum atomic E-state index is -0.278. The Kier molecular flexibility index (Phi) is 5.71. The van der Waals surface area contributed by atoms with Crippen LogP contribution in [0, 0.1) is 12.3 Å². The van der Waals surface area contributed by atoms with Gasteiger partial charge in [-0.2, -0.15) is 0 Å². The van der Waals surface area contributed by atoms with E-state index in [9.17, 15) is 9.90 Å². The van der Waals surface area contributed by atoms with Gasteiger partial charge < -0.3 is 15.4 Å². The third kappa shape index (κ3) is 3.44. The first kappa shape index (κ1) is 20.7. The Morgan fingerprint density at radius 2 is 1.80 bits per heavy atom. The van der Waals surface area contributed by atoms with Crippen LogP contribution in [-0.2, 0) is 16.9 Å². The Labute approximate surface area is 182 Å². The van der Waals surface area contributed by atoms with Crippen LogP contribution in [0.1, 0.15) is 35.1 Å². The number of rotatable bonds is 4. The monoisotopic (exact) mass is 421 g/mol. The largest absolute Gasteiger partial charge is 0.506 e. The normalized spacial score (nSPS) is 18.8. The van der Waals surface area contributed by atoms with Crippen molar-refractivity contribution in [1.82, 2.24) is 9.21 Å². The van der Waals surface area contributed by atoms with Gasteiger partial charge in [0.1, 0.15) is 5.76 Å². The zero-order valence-electron chi connectivity index (χ0n) is 17.4. The smallest absolute Gasteiger partial charge is 0.259 e. The van der Waals surface area contributed by atoms with E-state index in [0.29, 0.717) is 18.7 Å². The van der Waals surface area contributed by atoms with Gasteiger partial charge in [-0.05, 0) is 37.1 Å². The van der Waals surface area contributed by atoms with Gasteiger partial charge in [0.2, 0.25) is 0 Å². The lowest BCUT2D eigenvalue weighted by Gasteiger charge is -2.44. The summed E-state index contributed by atoms with van der Waals surface area (Å²) in [6, 6.07) is 15.9. The molecule has 0 radical (unpaired) electrons. The van der Waals surface area contributed by atoms with Gasteiger partial charge in [-0.25, -0.2) is 4.31 Å². The average Bonchev–Trinajstić information content (AvgIpc) is 3.08. The molecule has 0 aromatic heterocycles. The van der Waals surface area contributed by atoms with Crippen molar-refractivity contribution in [2.45, 2.75) is 31.8 Å². The lowest BCUT2D eigenvalue weighted by molar-refractivity contribution is -0.128. The number of amides is 1. The number of aliphatic hydroxyl groups is 1. The first-order valence-corrected chi connectivity index (χ1v) is 11.4. The van der Waals surface area contributed by atoms with E-state index in [4.69, 9.17) is 5.41 Å². The average molecular weight is 422 g/mol. The third-order valence-corrected chi connectivity index (χ3v) is 7.28. The number of benzene rings is 2. The molecule has 156 valence electrons. The molecule has 1 fully saturated rings. The van der Waals surface area contributed by atoms with Gasteiger partial charge in [-0.15, -0.1) is 0 Å². The maximum absolute atomic E-state index is 13.1. The molecular weight excluding hydrogens is 394 g/mol. The number of aryl methyl sites for hydroxylation is 1. The highest BCUT2D eigenvalue weighted by atomic mass is 32.2. The molecule has 30 heavy (non-hydrogen) atoms. The Morgan fingerprint density at radius 1 is 1.13 bits per heavy atom. The molecule has 4 rings (SSSR count). The van der Waals surface area contributed by atoms with Gasteiger partial charge in [0.15, 0.2) is 0 Å². The Bertz CT molecular complexity index is 992. The number of aliphatic hydroxyl groups excluding tert-OH is 1. The van der Waals surface area contributed by atoms with Gasteiger partial charge in [-0.1, -0.05) is 66.0 Å². The molecule has 2 aliphatic heterocycles. The lowest BCUT2D eigenvalue weighted by Crippen LogP contribution is -2.49. The summed E-state index contributed by atoms with van der Waals surface area (Å²) >= 11 is 1.76. The number of carbonyl (C=O) groups excluding carboxylic acids is 1. The number of fused-ring (bicyclic) bond motifs is 2. The number of likely N-dealkylation sites (tertiary alicyclic amines) is 1. The second kappa shape index (κ2) is 8.28. The van der Waals surface area contributed by atoms with E-state index < -0.39 is 0 Å². The SMILES string of the molecule is CSN1Cc2ccccc2C12CCN(C(=O)/C(C=N)=C(/O)c1ccc(C)cc1)CC2. The van der Waals surface area contributed by atoms with Crippen molar-refractivity contribution < 1.29 is 9.90 Å². The molecule has 0 saturated carbocycles. The van der Waals surface area contributed by atoms with Crippen LogP contribution in [0.25, 0.3) is 5.76 Å². The van der Waals surface area contributed by atoms with E-state index in [1.807, 2.05) is 19.1 Å². The highest BCUT2D eigenvalue weighted by Gasteiger charge is 2.47. The van der Waals surface area contributed by atoms with Crippen LogP contribution in [0.3, 0.4) is 0 Å². The summed E-state index contributed by atoms with van der Waals surface area (Å²) in [7, 11) is 0. The number of piperidine rings is 1. The lowest BCUT2D eigenvalue weighted by atomic mass is 9.81. The zero-order valence-corrected chi connectivity index (χ0v) is 18.2. The molecular formula is C24H27N3O2S. The predicted octanol–water partition coefficient (Wildman–Crippen LogP) is 4.53. The van der Waals surface area contributed by atoms with Gasteiger partial charge in [-0.3, -0.25) is 4.79 Å². The molecule has 2 aromatic carbocycles. The van der Waals surface area contributed by atoms with Crippen LogP contribution in [0.4, 0.5) is 0 Å². The standard InChI is InChI=1S/C24H27N3O2S/c1-17-7-9-18(10-8-17)22(28)20(15-25)23(29)26-13-11-24(12-14-26)21-6-4-3-5-19(21)16-27(24)30-2/h3-10,15,25,28H,11-14,16H2,1-2H3/b22-20+,25-15?. The zero-order chi connectivity index (χ0) is 21.3. The van der Waals surface area contributed by atoms with E-state index in [1.54, 1.807) is 29.0 Å². The van der Waals surface area contributed by atoms with Gasteiger partial charge in [0.25, 0.3) is 5.91 Å². The second-order valence-electron chi connectivity index (χ2n) is 7.97. The Hall–Kier alpha value is -2.57.